The lowest BCUT2D eigenvalue weighted by Gasteiger charge is -2.37. The number of fused-ring (bicyclic) bond motifs is 1. The minimum Gasteiger partial charge on any atom is -0.473 e. The number of hydrogen-bond donors (Lipinski definition) is 1. The lowest BCUT2D eigenvalue weighted by Crippen LogP contribution is -2.36. The average molecular weight is 674 g/mol. The summed E-state index contributed by atoms with van der Waals surface area (Å²) in [5.74, 6) is 1.37. The predicted molar refractivity (Wildman–Crippen MR) is 181 cm³/mol. The maximum atomic E-state index is 14.2. The molecule has 1 aliphatic carbocycles. The minimum atomic E-state index is -0.386. The van der Waals surface area contributed by atoms with Gasteiger partial charge in [0.25, 0.3) is 0 Å². The second-order valence-corrected chi connectivity index (χ2v) is 14.3. The maximum Gasteiger partial charge on any atom is 0.229 e. The molecule has 4 fully saturated rings. The van der Waals surface area contributed by atoms with Crippen LogP contribution in [0.4, 0.5) is 10.1 Å². The number of halogens is 2. The van der Waals surface area contributed by atoms with Crippen LogP contribution in [0.25, 0.3) is 11.0 Å². The monoisotopic (exact) mass is 673 g/mol. The van der Waals surface area contributed by atoms with Crippen LogP contribution in [0.2, 0.25) is 5.02 Å². The number of nitrogens with zero attached hydrogens (tertiary/aromatic N) is 4. The lowest BCUT2D eigenvalue weighted by atomic mass is 9.76. The summed E-state index contributed by atoms with van der Waals surface area (Å²) in [6, 6.07) is 16.5. The summed E-state index contributed by atoms with van der Waals surface area (Å²) in [6.45, 7) is 4.75. The number of anilines is 1. The van der Waals surface area contributed by atoms with Crippen molar-refractivity contribution >= 4 is 34.2 Å². The van der Waals surface area contributed by atoms with Crippen LogP contribution in [0.1, 0.15) is 67.9 Å². The molecular formula is C37H41ClFN5O4. The van der Waals surface area contributed by atoms with Crippen LogP contribution >= 0.6 is 11.6 Å². The summed E-state index contributed by atoms with van der Waals surface area (Å²) >= 11 is 5.88. The molecule has 1 spiro atoms. The fourth-order valence-corrected chi connectivity index (χ4v) is 7.67. The van der Waals surface area contributed by atoms with Gasteiger partial charge in [0.2, 0.25) is 11.8 Å². The Morgan fingerprint density at radius 2 is 1.94 bits per heavy atom. The fourth-order valence-electron chi connectivity index (χ4n) is 7.51. The van der Waals surface area contributed by atoms with E-state index in [1.165, 1.54) is 12.5 Å². The molecule has 0 unspecified atom stereocenters. The third-order valence-corrected chi connectivity index (χ3v) is 10.9. The van der Waals surface area contributed by atoms with Gasteiger partial charge in [-0.15, -0.1) is 0 Å². The Kier molecular flexibility index (Phi) is 8.83. The van der Waals surface area contributed by atoms with Gasteiger partial charge < -0.3 is 24.1 Å². The van der Waals surface area contributed by atoms with Gasteiger partial charge in [0, 0.05) is 40.6 Å². The summed E-state index contributed by atoms with van der Waals surface area (Å²) in [5.41, 5.74) is 4.11. The van der Waals surface area contributed by atoms with Crippen molar-refractivity contribution < 1.29 is 23.4 Å². The number of nitrogens with one attached hydrogen (secondary N) is 1. The van der Waals surface area contributed by atoms with Gasteiger partial charge in [-0.3, -0.25) is 9.69 Å². The highest BCUT2D eigenvalue weighted by Crippen LogP contribution is 2.45. The number of ether oxygens (including phenoxy) is 3. The molecule has 8 rings (SSSR count). The number of imidazole rings is 1. The molecule has 9 nitrogen and oxygen atoms in total. The maximum absolute atomic E-state index is 14.2. The van der Waals surface area contributed by atoms with Gasteiger partial charge in [-0.1, -0.05) is 23.7 Å². The van der Waals surface area contributed by atoms with Gasteiger partial charge in [-0.05, 0) is 94.4 Å². The molecule has 2 atom stereocenters. The topological polar surface area (TPSA) is 90.7 Å². The summed E-state index contributed by atoms with van der Waals surface area (Å²) in [5, 5.41) is 3.50. The second-order valence-electron chi connectivity index (χ2n) is 13.8. The van der Waals surface area contributed by atoms with E-state index in [-0.39, 0.29) is 36.0 Å². The number of carbonyl (C=O) groups is 1. The molecule has 1 amide bonds. The number of carbonyl (C=O) groups excluding carboxylic acids is 1. The zero-order chi connectivity index (χ0) is 32.7. The lowest BCUT2D eigenvalue weighted by molar-refractivity contribution is -0.119. The summed E-state index contributed by atoms with van der Waals surface area (Å²) in [6.07, 6.45) is 7.33. The molecule has 4 aliphatic rings. The third kappa shape index (κ3) is 6.68. The number of hydrogen-bond acceptors (Lipinski definition) is 7. The fraction of sp³-hybridized carbons (Fsp3) is 0.486. The number of amides is 1. The van der Waals surface area contributed by atoms with Gasteiger partial charge in [0.05, 0.1) is 48.4 Å². The SMILES string of the molecule is O=C(Nc1ccc2c(c1)nc(CN1CCC(c3cccc(OCc4ccc(Cl)cc4F)n3)CC1)n2C[C@@H]1CCO1)[C@@H]1COC2(CCC2)C1. The zero-order valence-corrected chi connectivity index (χ0v) is 27.8. The Balaban J connectivity index is 0.911. The van der Waals surface area contributed by atoms with Crippen molar-refractivity contribution in [3.63, 3.8) is 0 Å². The molecule has 3 saturated heterocycles. The largest absolute Gasteiger partial charge is 0.473 e. The molecule has 4 aromatic rings. The van der Waals surface area contributed by atoms with E-state index in [1.54, 1.807) is 12.1 Å². The van der Waals surface area contributed by atoms with E-state index in [0.29, 0.717) is 29.0 Å². The zero-order valence-electron chi connectivity index (χ0n) is 27.0. The van der Waals surface area contributed by atoms with Crippen LogP contribution in [0.5, 0.6) is 5.88 Å². The Bertz CT molecular complexity index is 1800. The number of aromatic nitrogens is 3. The first-order valence-corrected chi connectivity index (χ1v) is 17.6. The summed E-state index contributed by atoms with van der Waals surface area (Å²) in [7, 11) is 0. The number of pyridine rings is 1. The van der Waals surface area contributed by atoms with Gasteiger partial charge in [0.1, 0.15) is 18.2 Å². The van der Waals surface area contributed by atoms with Crippen molar-refractivity contribution in [3.05, 3.63) is 82.5 Å². The van der Waals surface area contributed by atoms with Crippen molar-refractivity contribution in [2.24, 2.45) is 5.92 Å². The smallest absolute Gasteiger partial charge is 0.229 e. The van der Waals surface area contributed by atoms with Crippen LogP contribution in [0.15, 0.2) is 54.6 Å². The average Bonchev–Trinajstić information content (AvgIpc) is 3.65. The molecule has 3 aliphatic heterocycles. The van der Waals surface area contributed by atoms with Crippen LogP contribution in [0, 0.1) is 11.7 Å². The van der Waals surface area contributed by atoms with Crippen LogP contribution in [0.3, 0.4) is 0 Å². The molecule has 2 aromatic heterocycles. The van der Waals surface area contributed by atoms with Crippen molar-refractivity contribution in [1.29, 1.82) is 0 Å². The van der Waals surface area contributed by atoms with Gasteiger partial charge in [0.15, 0.2) is 0 Å². The standard InChI is InChI=1S/C37H41ClFN5O4/c38-27-6-5-25(30(39)17-27)22-47-35-4-1-3-31(42-35)24-9-14-43(15-10-24)21-34-41-32-18-28(7-8-33(32)44(34)20-29-11-16-46-29)40-36(45)26-19-37(48-23-26)12-2-13-37/h1,3-8,17-18,24,26,29H,2,9-16,19-23H2,(H,40,45)/t26-,29-/m0/s1. The van der Waals surface area contributed by atoms with Gasteiger partial charge in [-0.2, -0.15) is 0 Å². The van der Waals surface area contributed by atoms with E-state index in [0.717, 1.165) is 99.5 Å². The van der Waals surface area contributed by atoms with Gasteiger partial charge in [-0.25, -0.2) is 14.4 Å². The van der Waals surface area contributed by atoms with E-state index in [9.17, 15) is 9.18 Å². The molecule has 5 heterocycles. The minimum absolute atomic E-state index is 0.0329. The summed E-state index contributed by atoms with van der Waals surface area (Å²) < 4.78 is 34.2. The van der Waals surface area contributed by atoms with Crippen LogP contribution < -0.4 is 10.1 Å². The molecule has 0 radical (unpaired) electrons. The Hall–Kier alpha value is -3.57. The molecule has 1 N–H and O–H groups in total. The van der Waals surface area contributed by atoms with Crippen LogP contribution in [-0.2, 0) is 34.0 Å². The van der Waals surface area contributed by atoms with E-state index >= 15 is 0 Å². The number of rotatable bonds is 10. The quantitative estimate of drug-likeness (QED) is 0.197. The highest BCUT2D eigenvalue weighted by molar-refractivity contribution is 6.30. The number of likely N-dealkylation sites (tertiary alicyclic amines) is 1. The first-order valence-electron chi connectivity index (χ1n) is 17.2. The molecule has 11 heteroatoms. The number of benzene rings is 2. The highest BCUT2D eigenvalue weighted by atomic mass is 35.5. The molecule has 0 bridgehead atoms. The van der Waals surface area contributed by atoms with E-state index in [2.05, 4.69) is 26.9 Å². The van der Waals surface area contributed by atoms with E-state index in [1.807, 2.05) is 24.3 Å². The molecular weight excluding hydrogens is 633 g/mol. The predicted octanol–water partition coefficient (Wildman–Crippen LogP) is 6.87. The molecule has 1 saturated carbocycles. The van der Waals surface area contributed by atoms with Crippen molar-refractivity contribution in [1.82, 2.24) is 19.4 Å². The summed E-state index contributed by atoms with van der Waals surface area (Å²) in [4.78, 5) is 25.4. The molecule has 252 valence electrons. The number of piperidine rings is 1. The van der Waals surface area contributed by atoms with Crippen molar-refractivity contribution in [2.75, 3.05) is 31.6 Å². The van der Waals surface area contributed by atoms with Crippen molar-refractivity contribution in [3.8, 4) is 5.88 Å². The molecule has 2 aromatic carbocycles. The highest BCUT2D eigenvalue weighted by Gasteiger charge is 2.47. The van der Waals surface area contributed by atoms with Crippen LogP contribution in [-0.4, -0.2) is 63.4 Å². The Morgan fingerprint density at radius 1 is 1.08 bits per heavy atom. The first kappa shape index (κ1) is 31.7. The van der Waals surface area contributed by atoms with E-state index in [4.69, 9.17) is 35.8 Å². The second kappa shape index (κ2) is 13.4. The van der Waals surface area contributed by atoms with Crippen molar-refractivity contribution in [2.45, 2.75) is 82.3 Å². The first-order chi connectivity index (χ1) is 23.4. The van der Waals surface area contributed by atoms with Gasteiger partial charge >= 0.3 is 0 Å². The Morgan fingerprint density at radius 3 is 2.67 bits per heavy atom. The van der Waals surface area contributed by atoms with E-state index < -0.39 is 0 Å². The Labute approximate surface area is 284 Å². The molecule has 48 heavy (non-hydrogen) atoms. The normalized spacial score (nSPS) is 22.5. The third-order valence-electron chi connectivity index (χ3n) is 10.6.